The Morgan fingerprint density at radius 2 is 2.27 bits per heavy atom. The number of likely N-dealkylation sites (N-methyl/N-ethyl adjacent to an activating group) is 1. The Kier molecular flexibility index (Phi) is 6.79. The quantitative estimate of drug-likeness (QED) is 0.816. The number of halogens is 1. The lowest BCUT2D eigenvalue weighted by atomic mass is 10.1. The molecule has 2 atom stereocenters. The van der Waals surface area contributed by atoms with Crippen LogP contribution in [-0.2, 0) is 14.3 Å². The molecule has 0 radical (unpaired) electrons. The van der Waals surface area contributed by atoms with Gasteiger partial charge in [0.25, 0.3) is 0 Å². The van der Waals surface area contributed by atoms with Crippen molar-refractivity contribution in [2.45, 2.75) is 26.0 Å². The highest BCUT2D eigenvalue weighted by molar-refractivity contribution is 5.94. The number of carbonyl (C=O) groups is 2. The first-order valence-electron chi connectivity index (χ1n) is 6.80. The maximum Gasteiger partial charge on any atom is 0.245 e. The number of hydrogen-bond acceptors (Lipinski definition) is 6. The van der Waals surface area contributed by atoms with E-state index in [9.17, 15) is 9.59 Å². The number of aryl methyl sites for hydroxylation is 1. The summed E-state index contributed by atoms with van der Waals surface area (Å²) in [6.07, 6.45) is -0.213. The molecule has 0 spiro atoms. The Hall–Kier alpha value is -1.64. The molecule has 1 aliphatic rings. The van der Waals surface area contributed by atoms with E-state index >= 15 is 0 Å². The average Bonchev–Trinajstić information content (AvgIpc) is 2.83. The molecule has 0 saturated carbocycles. The van der Waals surface area contributed by atoms with Crippen molar-refractivity contribution in [2.75, 3.05) is 32.1 Å². The van der Waals surface area contributed by atoms with Gasteiger partial charge in [0.1, 0.15) is 11.8 Å². The fourth-order valence-corrected chi connectivity index (χ4v) is 2.15. The summed E-state index contributed by atoms with van der Waals surface area (Å²) in [5.74, 6) is 0.440. The Labute approximate surface area is 134 Å². The van der Waals surface area contributed by atoms with Gasteiger partial charge in [-0.1, -0.05) is 5.16 Å². The summed E-state index contributed by atoms with van der Waals surface area (Å²) >= 11 is 0. The molecule has 0 aromatic carbocycles. The number of amides is 2. The van der Waals surface area contributed by atoms with Crippen LogP contribution in [0.2, 0.25) is 0 Å². The molecule has 8 nitrogen and oxygen atoms in total. The lowest BCUT2D eigenvalue weighted by Crippen LogP contribution is -2.56. The summed E-state index contributed by atoms with van der Waals surface area (Å²) in [5.41, 5.74) is 0. The SMILES string of the molecule is Cc1cc(NC(=O)CN(C)C(=O)[C@H]2NCCO[C@@H]2C)no1.Cl. The van der Waals surface area contributed by atoms with E-state index < -0.39 is 6.04 Å². The smallest absolute Gasteiger partial charge is 0.245 e. The van der Waals surface area contributed by atoms with Gasteiger partial charge in [0.05, 0.1) is 19.3 Å². The number of aromatic nitrogens is 1. The van der Waals surface area contributed by atoms with Gasteiger partial charge in [-0.25, -0.2) is 0 Å². The molecular formula is C13H21ClN4O4. The molecule has 0 bridgehead atoms. The zero-order valence-corrected chi connectivity index (χ0v) is 13.6. The van der Waals surface area contributed by atoms with Gasteiger partial charge in [0.15, 0.2) is 5.82 Å². The molecule has 22 heavy (non-hydrogen) atoms. The number of carbonyl (C=O) groups excluding carboxylic acids is 2. The molecule has 1 aromatic heterocycles. The highest BCUT2D eigenvalue weighted by Gasteiger charge is 2.31. The van der Waals surface area contributed by atoms with Crippen LogP contribution in [0.1, 0.15) is 12.7 Å². The Morgan fingerprint density at radius 3 is 2.86 bits per heavy atom. The van der Waals surface area contributed by atoms with Gasteiger partial charge in [-0.3, -0.25) is 9.59 Å². The predicted molar refractivity (Wildman–Crippen MR) is 82.0 cm³/mol. The van der Waals surface area contributed by atoms with Gasteiger partial charge in [0, 0.05) is 19.7 Å². The second kappa shape index (κ2) is 8.11. The number of hydrogen-bond donors (Lipinski definition) is 2. The number of morpholine rings is 1. The van der Waals surface area contributed by atoms with Crippen LogP contribution in [0.25, 0.3) is 0 Å². The molecular weight excluding hydrogens is 312 g/mol. The van der Waals surface area contributed by atoms with Crippen molar-refractivity contribution in [3.05, 3.63) is 11.8 Å². The molecule has 2 rings (SSSR count). The third-order valence-corrected chi connectivity index (χ3v) is 3.23. The highest BCUT2D eigenvalue weighted by Crippen LogP contribution is 2.09. The first-order chi connectivity index (χ1) is 9.97. The minimum absolute atomic E-state index is 0. The standard InChI is InChI=1S/C13H20N4O4.ClH/c1-8-6-10(16-21-8)15-11(18)7-17(3)13(19)12-9(2)20-5-4-14-12;/h6,9,12,14H,4-5,7H2,1-3H3,(H,15,16,18);1H/t9-,12+;/m1./s1. The summed E-state index contributed by atoms with van der Waals surface area (Å²) in [6.45, 7) is 4.71. The maximum atomic E-state index is 12.3. The lowest BCUT2D eigenvalue weighted by Gasteiger charge is -2.32. The van der Waals surface area contributed by atoms with E-state index in [0.717, 1.165) is 0 Å². The first-order valence-corrected chi connectivity index (χ1v) is 6.80. The topological polar surface area (TPSA) is 96.7 Å². The number of ether oxygens (including phenoxy) is 1. The largest absolute Gasteiger partial charge is 0.375 e. The zero-order valence-electron chi connectivity index (χ0n) is 12.8. The second-order valence-electron chi connectivity index (χ2n) is 5.07. The number of nitrogens with one attached hydrogen (secondary N) is 2. The van der Waals surface area contributed by atoms with Crippen molar-refractivity contribution < 1.29 is 18.8 Å². The Morgan fingerprint density at radius 1 is 1.55 bits per heavy atom. The minimum Gasteiger partial charge on any atom is -0.375 e. The Bertz CT molecular complexity index is 522. The molecule has 1 fully saturated rings. The van der Waals surface area contributed by atoms with Crippen LogP contribution >= 0.6 is 12.4 Å². The van der Waals surface area contributed by atoms with Crippen molar-refractivity contribution in [2.24, 2.45) is 0 Å². The van der Waals surface area contributed by atoms with Gasteiger partial charge in [-0.15, -0.1) is 12.4 Å². The van der Waals surface area contributed by atoms with Crippen molar-refractivity contribution in [3.8, 4) is 0 Å². The predicted octanol–water partition coefficient (Wildman–Crippen LogP) is 0.179. The monoisotopic (exact) mass is 332 g/mol. The molecule has 1 aliphatic heterocycles. The van der Waals surface area contributed by atoms with E-state index in [1.54, 1.807) is 20.0 Å². The van der Waals surface area contributed by atoms with Crippen LogP contribution in [0.3, 0.4) is 0 Å². The van der Waals surface area contributed by atoms with Crippen LogP contribution < -0.4 is 10.6 Å². The molecule has 0 aliphatic carbocycles. The maximum absolute atomic E-state index is 12.3. The highest BCUT2D eigenvalue weighted by atomic mass is 35.5. The van der Waals surface area contributed by atoms with Crippen molar-refractivity contribution >= 4 is 30.0 Å². The van der Waals surface area contributed by atoms with Crippen molar-refractivity contribution in [3.63, 3.8) is 0 Å². The van der Waals surface area contributed by atoms with E-state index in [0.29, 0.717) is 24.7 Å². The summed E-state index contributed by atoms with van der Waals surface area (Å²) < 4.78 is 10.3. The normalized spacial score (nSPS) is 20.9. The second-order valence-corrected chi connectivity index (χ2v) is 5.07. The van der Waals surface area contributed by atoms with Gasteiger partial charge < -0.3 is 24.8 Å². The number of anilines is 1. The molecule has 2 N–H and O–H groups in total. The van der Waals surface area contributed by atoms with E-state index in [-0.39, 0.29) is 36.9 Å². The molecule has 2 heterocycles. The van der Waals surface area contributed by atoms with Gasteiger partial charge >= 0.3 is 0 Å². The fraction of sp³-hybridized carbons (Fsp3) is 0.615. The van der Waals surface area contributed by atoms with E-state index in [2.05, 4.69) is 15.8 Å². The molecule has 1 saturated heterocycles. The summed E-state index contributed by atoms with van der Waals surface area (Å²) in [5, 5.41) is 9.34. The number of rotatable bonds is 4. The van der Waals surface area contributed by atoms with Crippen LogP contribution in [0.5, 0.6) is 0 Å². The first kappa shape index (κ1) is 18.4. The Balaban J connectivity index is 0.00000242. The van der Waals surface area contributed by atoms with E-state index in [1.165, 1.54) is 4.90 Å². The van der Waals surface area contributed by atoms with Gasteiger partial charge in [-0.05, 0) is 13.8 Å². The van der Waals surface area contributed by atoms with Crippen LogP contribution in [-0.4, -0.2) is 60.8 Å². The van der Waals surface area contributed by atoms with Crippen LogP contribution in [0.15, 0.2) is 10.6 Å². The third-order valence-electron chi connectivity index (χ3n) is 3.23. The minimum atomic E-state index is -0.425. The van der Waals surface area contributed by atoms with Crippen molar-refractivity contribution in [1.82, 2.24) is 15.4 Å². The summed E-state index contributed by atoms with van der Waals surface area (Å²) in [4.78, 5) is 25.5. The van der Waals surface area contributed by atoms with Crippen LogP contribution in [0.4, 0.5) is 5.82 Å². The van der Waals surface area contributed by atoms with E-state index in [4.69, 9.17) is 9.26 Å². The molecule has 0 unspecified atom stereocenters. The fourth-order valence-electron chi connectivity index (χ4n) is 2.15. The lowest BCUT2D eigenvalue weighted by molar-refractivity contribution is -0.140. The van der Waals surface area contributed by atoms with Crippen molar-refractivity contribution in [1.29, 1.82) is 0 Å². The van der Waals surface area contributed by atoms with Gasteiger partial charge in [0.2, 0.25) is 11.8 Å². The summed E-state index contributed by atoms with van der Waals surface area (Å²) in [6, 6.07) is 1.18. The van der Waals surface area contributed by atoms with Crippen LogP contribution in [0, 0.1) is 6.92 Å². The molecule has 124 valence electrons. The molecule has 1 aromatic rings. The van der Waals surface area contributed by atoms with Gasteiger partial charge in [-0.2, -0.15) is 0 Å². The molecule has 9 heteroatoms. The average molecular weight is 333 g/mol. The molecule has 2 amide bonds. The third kappa shape index (κ3) is 4.69. The zero-order chi connectivity index (χ0) is 15.4. The summed E-state index contributed by atoms with van der Waals surface area (Å²) in [7, 11) is 1.58. The number of nitrogens with zero attached hydrogens (tertiary/aromatic N) is 2. The van der Waals surface area contributed by atoms with E-state index in [1.807, 2.05) is 6.92 Å².